The second-order valence-corrected chi connectivity index (χ2v) is 8.32. The molecule has 6 atom stereocenters. The first-order valence-corrected chi connectivity index (χ1v) is 10.0. The summed E-state index contributed by atoms with van der Waals surface area (Å²) >= 11 is 0. The fourth-order valence-corrected chi connectivity index (χ4v) is 4.16. The minimum Gasteiger partial charge on any atom is -0.0654 e. The average molecular weight is 295 g/mol. The zero-order chi connectivity index (χ0) is 15.8. The molecule has 1 saturated carbocycles. The molecule has 0 saturated heterocycles. The summed E-state index contributed by atoms with van der Waals surface area (Å²) < 4.78 is 0. The molecule has 1 fully saturated rings. The molecule has 0 spiro atoms. The Hall–Kier alpha value is 0. The van der Waals surface area contributed by atoms with Gasteiger partial charge in [-0.25, -0.2) is 0 Å². The summed E-state index contributed by atoms with van der Waals surface area (Å²) in [6, 6.07) is 0. The molecule has 0 aromatic carbocycles. The molecular weight excluding hydrogens is 252 g/mol. The summed E-state index contributed by atoms with van der Waals surface area (Å²) in [6.07, 6.45) is 13.0. The van der Waals surface area contributed by atoms with E-state index in [1.54, 1.807) is 0 Å². The largest absolute Gasteiger partial charge is 0.0654 e. The third kappa shape index (κ3) is 6.74. The molecule has 1 rings (SSSR count). The highest BCUT2D eigenvalue weighted by atomic mass is 14.5. The van der Waals surface area contributed by atoms with Crippen molar-refractivity contribution < 1.29 is 0 Å². The van der Waals surface area contributed by atoms with Gasteiger partial charge in [0.25, 0.3) is 0 Å². The Labute approximate surface area is 135 Å². The van der Waals surface area contributed by atoms with Crippen molar-refractivity contribution in [3.8, 4) is 0 Å². The lowest BCUT2D eigenvalue weighted by Crippen LogP contribution is -2.09. The van der Waals surface area contributed by atoms with Crippen molar-refractivity contribution in [3.05, 3.63) is 0 Å². The average Bonchev–Trinajstić information content (AvgIpc) is 3.07. The van der Waals surface area contributed by atoms with Crippen molar-refractivity contribution in [1.29, 1.82) is 0 Å². The molecular formula is C21H42. The first-order valence-electron chi connectivity index (χ1n) is 10.0. The summed E-state index contributed by atoms with van der Waals surface area (Å²) in [7, 11) is 0. The van der Waals surface area contributed by atoms with Gasteiger partial charge < -0.3 is 0 Å². The van der Waals surface area contributed by atoms with Gasteiger partial charge in [-0.1, -0.05) is 86.5 Å². The van der Waals surface area contributed by atoms with E-state index in [1.165, 1.54) is 57.8 Å². The Morgan fingerprint density at radius 3 is 2.14 bits per heavy atom. The molecule has 0 heteroatoms. The van der Waals surface area contributed by atoms with E-state index in [1.807, 2.05) is 0 Å². The maximum atomic E-state index is 2.51. The number of unbranched alkanes of at least 4 members (excludes halogenated alkanes) is 2. The molecule has 1 aliphatic carbocycles. The van der Waals surface area contributed by atoms with Gasteiger partial charge in [0.1, 0.15) is 0 Å². The van der Waals surface area contributed by atoms with E-state index in [0.717, 1.165) is 35.5 Å². The van der Waals surface area contributed by atoms with Crippen LogP contribution < -0.4 is 0 Å². The standard InChI is InChI=1S/C21H42/c1-7-12-17(4)18(5)15-21-19(6)20(21)14-11-9-10-13-16(3)8-2/h16-21H,7-15H2,1-6H3. The number of hydrogen-bond donors (Lipinski definition) is 0. The number of rotatable bonds is 12. The Morgan fingerprint density at radius 1 is 0.810 bits per heavy atom. The van der Waals surface area contributed by atoms with E-state index >= 15 is 0 Å². The highest BCUT2D eigenvalue weighted by molar-refractivity contribution is 4.94. The molecule has 0 nitrogen and oxygen atoms in total. The fraction of sp³-hybridized carbons (Fsp3) is 1.00. The van der Waals surface area contributed by atoms with Crippen LogP contribution >= 0.6 is 0 Å². The van der Waals surface area contributed by atoms with Crippen LogP contribution in [0, 0.1) is 35.5 Å². The van der Waals surface area contributed by atoms with E-state index in [0.29, 0.717) is 0 Å². The molecule has 0 radical (unpaired) electrons. The molecule has 0 aliphatic heterocycles. The van der Waals surface area contributed by atoms with Gasteiger partial charge in [0.15, 0.2) is 0 Å². The maximum absolute atomic E-state index is 2.51. The van der Waals surface area contributed by atoms with E-state index in [2.05, 4.69) is 41.5 Å². The minimum atomic E-state index is 0.930. The van der Waals surface area contributed by atoms with Crippen LogP contribution in [0.5, 0.6) is 0 Å². The molecule has 0 bridgehead atoms. The molecule has 21 heavy (non-hydrogen) atoms. The first kappa shape index (κ1) is 19.0. The lowest BCUT2D eigenvalue weighted by atomic mass is 9.87. The summed E-state index contributed by atoms with van der Waals surface area (Å²) in [6.45, 7) is 14.5. The Kier molecular flexibility index (Phi) is 8.98. The van der Waals surface area contributed by atoms with Crippen LogP contribution in [-0.4, -0.2) is 0 Å². The quantitative estimate of drug-likeness (QED) is 0.331. The summed E-state index contributed by atoms with van der Waals surface area (Å²) in [5.74, 6) is 5.97. The van der Waals surface area contributed by atoms with Gasteiger partial charge in [0.05, 0.1) is 0 Å². The second-order valence-electron chi connectivity index (χ2n) is 8.32. The van der Waals surface area contributed by atoms with Crippen molar-refractivity contribution in [3.63, 3.8) is 0 Å². The number of hydrogen-bond acceptors (Lipinski definition) is 0. The monoisotopic (exact) mass is 294 g/mol. The van der Waals surface area contributed by atoms with Crippen molar-refractivity contribution in [2.75, 3.05) is 0 Å². The maximum Gasteiger partial charge on any atom is -0.0352 e. The van der Waals surface area contributed by atoms with Crippen LogP contribution in [0.15, 0.2) is 0 Å². The predicted octanol–water partition coefficient (Wildman–Crippen LogP) is 7.33. The highest BCUT2D eigenvalue weighted by Crippen LogP contribution is 2.53. The summed E-state index contributed by atoms with van der Waals surface area (Å²) in [5.41, 5.74) is 0. The summed E-state index contributed by atoms with van der Waals surface area (Å²) in [5, 5.41) is 0. The van der Waals surface area contributed by atoms with Gasteiger partial charge in [-0.2, -0.15) is 0 Å². The van der Waals surface area contributed by atoms with Gasteiger partial charge in [0, 0.05) is 0 Å². The third-order valence-corrected chi connectivity index (χ3v) is 6.55. The molecule has 6 unspecified atom stereocenters. The van der Waals surface area contributed by atoms with Gasteiger partial charge in [-0.05, 0) is 48.3 Å². The van der Waals surface area contributed by atoms with Gasteiger partial charge in [-0.3, -0.25) is 0 Å². The van der Waals surface area contributed by atoms with E-state index < -0.39 is 0 Å². The Bertz CT molecular complexity index is 257. The molecule has 0 heterocycles. The van der Waals surface area contributed by atoms with Gasteiger partial charge in [0.2, 0.25) is 0 Å². The van der Waals surface area contributed by atoms with E-state index in [9.17, 15) is 0 Å². The zero-order valence-electron chi connectivity index (χ0n) is 15.8. The summed E-state index contributed by atoms with van der Waals surface area (Å²) in [4.78, 5) is 0. The van der Waals surface area contributed by atoms with Gasteiger partial charge >= 0.3 is 0 Å². The second kappa shape index (κ2) is 9.90. The molecule has 1 aliphatic rings. The lowest BCUT2D eigenvalue weighted by Gasteiger charge is -2.19. The molecule has 0 aromatic heterocycles. The lowest BCUT2D eigenvalue weighted by molar-refractivity contribution is 0.317. The highest BCUT2D eigenvalue weighted by Gasteiger charge is 2.45. The topological polar surface area (TPSA) is 0 Å². The Balaban J connectivity index is 2.10. The van der Waals surface area contributed by atoms with Crippen LogP contribution in [0.25, 0.3) is 0 Å². The third-order valence-electron chi connectivity index (χ3n) is 6.55. The Morgan fingerprint density at radius 2 is 1.52 bits per heavy atom. The smallest absolute Gasteiger partial charge is 0.0352 e. The van der Waals surface area contributed by atoms with Crippen molar-refractivity contribution in [2.45, 2.75) is 99.3 Å². The van der Waals surface area contributed by atoms with Crippen LogP contribution in [-0.2, 0) is 0 Å². The first-order chi connectivity index (χ1) is 10.0. The van der Waals surface area contributed by atoms with Crippen molar-refractivity contribution in [2.24, 2.45) is 35.5 Å². The van der Waals surface area contributed by atoms with Crippen LogP contribution in [0.1, 0.15) is 99.3 Å². The van der Waals surface area contributed by atoms with Crippen LogP contribution in [0.2, 0.25) is 0 Å². The molecule has 126 valence electrons. The normalized spacial score (nSPS) is 29.1. The van der Waals surface area contributed by atoms with Gasteiger partial charge in [-0.15, -0.1) is 0 Å². The fourth-order valence-electron chi connectivity index (χ4n) is 4.16. The van der Waals surface area contributed by atoms with Crippen molar-refractivity contribution in [1.82, 2.24) is 0 Å². The van der Waals surface area contributed by atoms with Crippen LogP contribution in [0.3, 0.4) is 0 Å². The van der Waals surface area contributed by atoms with Crippen molar-refractivity contribution >= 4 is 0 Å². The predicted molar refractivity (Wildman–Crippen MR) is 96.5 cm³/mol. The molecule has 0 N–H and O–H groups in total. The van der Waals surface area contributed by atoms with E-state index in [4.69, 9.17) is 0 Å². The SMILES string of the molecule is CCCC(C)C(C)CC1C(C)C1CCCCCC(C)CC. The van der Waals surface area contributed by atoms with E-state index in [-0.39, 0.29) is 0 Å². The molecule has 0 aromatic rings. The molecule has 0 amide bonds. The zero-order valence-corrected chi connectivity index (χ0v) is 15.8. The van der Waals surface area contributed by atoms with Crippen LogP contribution in [0.4, 0.5) is 0 Å². The minimum absolute atomic E-state index is 0.930.